The summed E-state index contributed by atoms with van der Waals surface area (Å²) < 4.78 is 13.1. The Morgan fingerprint density at radius 2 is 2.08 bits per heavy atom. The van der Waals surface area contributed by atoms with Crippen LogP contribution in [0.2, 0.25) is 0 Å². The van der Waals surface area contributed by atoms with Crippen molar-refractivity contribution in [2.24, 2.45) is 0 Å². The molecular formula is C18H18N4O2. The molecule has 0 spiro atoms. The number of para-hydroxylation sites is 1. The molecule has 2 heterocycles. The quantitative estimate of drug-likeness (QED) is 0.800. The fourth-order valence-corrected chi connectivity index (χ4v) is 2.83. The van der Waals surface area contributed by atoms with Gasteiger partial charge in [-0.3, -0.25) is 0 Å². The molecule has 0 bridgehead atoms. The third-order valence-corrected chi connectivity index (χ3v) is 3.98. The SMILES string of the molecule is Cc1cc(CNc2cccc3c2OCCO3)ccc1-n1cncn1. The third kappa shape index (κ3) is 2.78. The van der Waals surface area contributed by atoms with Crippen molar-refractivity contribution in [1.82, 2.24) is 14.8 Å². The Kier molecular flexibility index (Phi) is 3.78. The van der Waals surface area contributed by atoms with E-state index in [2.05, 4.69) is 40.5 Å². The molecule has 0 aliphatic carbocycles. The van der Waals surface area contributed by atoms with Crippen molar-refractivity contribution in [1.29, 1.82) is 0 Å². The molecule has 24 heavy (non-hydrogen) atoms. The van der Waals surface area contributed by atoms with Gasteiger partial charge in [0.25, 0.3) is 0 Å². The number of rotatable bonds is 4. The zero-order valence-electron chi connectivity index (χ0n) is 13.4. The van der Waals surface area contributed by atoms with Gasteiger partial charge in [-0.05, 0) is 36.2 Å². The van der Waals surface area contributed by atoms with Crippen LogP contribution in [-0.4, -0.2) is 28.0 Å². The zero-order chi connectivity index (χ0) is 16.4. The summed E-state index contributed by atoms with van der Waals surface area (Å²) >= 11 is 0. The van der Waals surface area contributed by atoms with E-state index in [1.807, 2.05) is 18.2 Å². The van der Waals surface area contributed by atoms with Gasteiger partial charge in [-0.2, -0.15) is 5.10 Å². The molecule has 1 aliphatic rings. The molecule has 1 aliphatic heterocycles. The van der Waals surface area contributed by atoms with Gasteiger partial charge in [-0.25, -0.2) is 9.67 Å². The first kappa shape index (κ1) is 14.6. The molecule has 0 saturated heterocycles. The molecule has 6 nitrogen and oxygen atoms in total. The van der Waals surface area contributed by atoms with Gasteiger partial charge < -0.3 is 14.8 Å². The van der Waals surface area contributed by atoms with Crippen LogP contribution < -0.4 is 14.8 Å². The highest BCUT2D eigenvalue weighted by Crippen LogP contribution is 2.37. The summed E-state index contributed by atoms with van der Waals surface area (Å²) in [5.74, 6) is 1.59. The average Bonchev–Trinajstić information content (AvgIpc) is 3.14. The van der Waals surface area contributed by atoms with Crippen molar-refractivity contribution < 1.29 is 9.47 Å². The Bertz CT molecular complexity index is 846. The van der Waals surface area contributed by atoms with Crippen molar-refractivity contribution in [3.63, 3.8) is 0 Å². The molecule has 4 rings (SSSR count). The monoisotopic (exact) mass is 322 g/mol. The maximum absolute atomic E-state index is 5.73. The second kappa shape index (κ2) is 6.23. The van der Waals surface area contributed by atoms with E-state index in [0.717, 1.165) is 28.4 Å². The summed E-state index contributed by atoms with van der Waals surface area (Å²) in [7, 11) is 0. The molecule has 0 radical (unpaired) electrons. The number of nitrogens with zero attached hydrogens (tertiary/aromatic N) is 3. The number of nitrogens with one attached hydrogen (secondary N) is 1. The Labute approximate surface area is 140 Å². The second-order valence-corrected chi connectivity index (χ2v) is 5.64. The Hall–Kier alpha value is -3.02. The number of ether oxygens (including phenoxy) is 2. The first-order valence-electron chi connectivity index (χ1n) is 7.88. The van der Waals surface area contributed by atoms with Crippen LogP contribution in [-0.2, 0) is 6.54 Å². The number of aromatic nitrogens is 3. The van der Waals surface area contributed by atoms with E-state index >= 15 is 0 Å². The van der Waals surface area contributed by atoms with E-state index in [0.29, 0.717) is 19.8 Å². The Morgan fingerprint density at radius 1 is 1.17 bits per heavy atom. The number of anilines is 1. The summed E-state index contributed by atoms with van der Waals surface area (Å²) in [6.45, 7) is 3.96. The van der Waals surface area contributed by atoms with Gasteiger partial charge in [0, 0.05) is 6.54 Å². The fraction of sp³-hybridized carbons (Fsp3) is 0.222. The predicted octanol–water partition coefficient (Wildman–Crippen LogP) is 2.96. The van der Waals surface area contributed by atoms with Gasteiger partial charge in [0.15, 0.2) is 11.5 Å². The highest BCUT2D eigenvalue weighted by atomic mass is 16.6. The molecule has 122 valence electrons. The lowest BCUT2D eigenvalue weighted by Crippen LogP contribution is -2.16. The van der Waals surface area contributed by atoms with Crippen LogP contribution >= 0.6 is 0 Å². The van der Waals surface area contributed by atoms with Crippen LogP contribution in [0, 0.1) is 6.92 Å². The Morgan fingerprint density at radius 3 is 2.92 bits per heavy atom. The summed E-state index contributed by atoms with van der Waals surface area (Å²) in [5.41, 5.74) is 4.32. The molecule has 0 saturated carbocycles. The number of fused-ring (bicyclic) bond motifs is 1. The third-order valence-electron chi connectivity index (χ3n) is 3.98. The van der Waals surface area contributed by atoms with Gasteiger partial charge in [0.2, 0.25) is 0 Å². The van der Waals surface area contributed by atoms with E-state index in [1.165, 1.54) is 11.9 Å². The Balaban J connectivity index is 1.52. The van der Waals surface area contributed by atoms with Gasteiger partial charge in [-0.1, -0.05) is 18.2 Å². The van der Waals surface area contributed by atoms with Crippen LogP contribution in [0.1, 0.15) is 11.1 Å². The normalized spacial score (nSPS) is 12.9. The van der Waals surface area contributed by atoms with Crippen molar-refractivity contribution in [3.05, 3.63) is 60.2 Å². The molecule has 0 amide bonds. The van der Waals surface area contributed by atoms with Gasteiger partial charge >= 0.3 is 0 Å². The van der Waals surface area contributed by atoms with Gasteiger partial charge in [0.1, 0.15) is 25.9 Å². The summed E-state index contributed by atoms with van der Waals surface area (Å²) in [6.07, 6.45) is 3.24. The minimum Gasteiger partial charge on any atom is -0.486 e. The molecule has 0 atom stereocenters. The molecule has 2 aromatic carbocycles. The van der Waals surface area contributed by atoms with Crippen molar-refractivity contribution >= 4 is 5.69 Å². The number of hydrogen-bond acceptors (Lipinski definition) is 5. The average molecular weight is 322 g/mol. The number of aryl methyl sites for hydroxylation is 1. The van der Waals surface area contributed by atoms with E-state index in [9.17, 15) is 0 Å². The van der Waals surface area contributed by atoms with Crippen LogP contribution in [0.25, 0.3) is 5.69 Å². The number of benzene rings is 2. The van der Waals surface area contributed by atoms with Crippen LogP contribution in [0.3, 0.4) is 0 Å². The largest absolute Gasteiger partial charge is 0.486 e. The molecule has 3 aromatic rings. The smallest absolute Gasteiger partial charge is 0.184 e. The van der Waals surface area contributed by atoms with E-state index in [1.54, 1.807) is 11.0 Å². The molecular weight excluding hydrogens is 304 g/mol. The number of hydrogen-bond donors (Lipinski definition) is 1. The first-order chi connectivity index (χ1) is 11.8. The van der Waals surface area contributed by atoms with Crippen molar-refractivity contribution in [2.75, 3.05) is 18.5 Å². The van der Waals surface area contributed by atoms with E-state index in [4.69, 9.17) is 9.47 Å². The maximum Gasteiger partial charge on any atom is 0.184 e. The highest BCUT2D eigenvalue weighted by molar-refractivity contribution is 5.63. The maximum atomic E-state index is 5.73. The summed E-state index contributed by atoms with van der Waals surface area (Å²) in [6, 6.07) is 12.2. The van der Waals surface area contributed by atoms with Crippen LogP contribution in [0.15, 0.2) is 49.1 Å². The van der Waals surface area contributed by atoms with Crippen LogP contribution in [0.4, 0.5) is 5.69 Å². The van der Waals surface area contributed by atoms with E-state index < -0.39 is 0 Å². The molecule has 0 unspecified atom stereocenters. The highest BCUT2D eigenvalue weighted by Gasteiger charge is 2.15. The zero-order valence-corrected chi connectivity index (χ0v) is 13.4. The van der Waals surface area contributed by atoms with Crippen molar-refractivity contribution in [2.45, 2.75) is 13.5 Å². The lowest BCUT2D eigenvalue weighted by atomic mass is 10.1. The minimum atomic E-state index is 0.581. The second-order valence-electron chi connectivity index (χ2n) is 5.64. The van der Waals surface area contributed by atoms with Crippen LogP contribution in [0.5, 0.6) is 11.5 Å². The lowest BCUT2D eigenvalue weighted by molar-refractivity contribution is 0.172. The summed E-state index contributed by atoms with van der Waals surface area (Å²) in [5, 5.41) is 7.61. The summed E-state index contributed by atoms with van der Waals surface area (Å²) in [4.78, 5) is 3.99. The predicted molar refractivity (Wildman–Crippen MR) is 90.9 cm³/mol. The van der Waals surface area contributed by atoms with Gasteiger partial charge in [0.05, 0.1) is 11.4 Å². The first-order valence-corrected chi connectivity index (χ1v) is 7.88. The fourth-order valence-electron chi connectivity index (χ4n) is 2.83. The lowest BCUT2D eigenvalue weighted by Gasteiger charge is -2.21. The van der Waals surface area contributed by atoms with Gasteiger partial charge in [-0.15, -0.1) is 0 Å². The standard InChI is InChI=1S/C18H18N4O2/c1-13-9-14(5-6-16(13)22-12-19-11-21-22)10-20-15-3-2-4-17-18(15)24-8-7-23-17/h2-6,9,11-12,20H,7-8,10H2,1H3. The minimum absolute atomic E-state index is 0.581. The van der Waals surface area contributed by atoms with Crippen molar-refractivity contribution in [3.8, 4) is 17.2 Å². The molecule has 0 fully saturated rings. The van der Waals surface area contributed by atoms with E-state index in [-0.39, 0.29) is 0 Å². The molecule has 1 aromatic heterocycles. The topological polar surface area (TPSA) is 61.2 Å². The molecule has 6 heteroatoms. The molecule has 1 N–H and O–H groups in total.